The number of nitrogens with one attached hydrogen (secondary N) is 2. The van der Waals surface area contributed by atoms with Crippen LogP contribution in [0.25, 0.3) is 0 Å². The second kappa shape index (κ2) is 8.18. The molecule has 0 fully saturated rings. The predicted molar refractivity (Wildman–Crippen MR) is 80.5 cm³/mol. The van der Waals surface area contributed by atoms with Crippen molar-refractivity contribution in [1.82, 2.24) is 10.6 Å². The van der Waals surface area contributed by atoms with Crippen molar-refractivity contribution in [2.24, 2.45) is 0 Å². The standard InChI is InChI=1S/C15H23ClN2O/c1-4-11(2)17-10-15(19)18-12(3)9-13-7-5-6-8-14(13)16/h5-8,11-12,17H,4,9-10H2,1-3H3,(H,18,19). The Morgan fingerprint density at radius 2 is 1.95 bits per heavy atom. The van der Waals surface area contributed by atoms with Crippen LogP contribution in [-0.2, 0) is 11.2 Å². The largest absolute Gasteiger partial charge is 0.352 e. The fraction of sp³-hybridized carbons (Fsp3) is 0.533. The van der Waals surface area contributed by atoms with E-state index in [-0.39, 0.29) is 11.9 Å². The van der Waals surface area contributed by atoms with E-state index >= 15 is 0 Å². The molecular formula is C15H23ClN2O. The van der Waals surface area contributed by atoms with Gasteiger partial charge in [0.2, 0.25) is 5.91 Å². The molecule has 2 N–H and O–H groups in total. The average Bonchev–Trinajstić information content (AvgIpc) is 2.38. The zero-order chi connectivity index (χ0) is 14.3. The number of carbonyl (C=O) groups excluding carboxylic acids is 1. The Morgan fingerprint density at radius 3 is 2.58 bits per heavy atom. The molecule has 0 aromatic heterocycles. The molecular weight excluding hydrogens is 260 g/mol. The van der Waals surface area contributed by atoms with Gasteiger partial charge in [0.1, 0.15) is 0 Å². The normalized spacial score (nSPS) is 13.9. The first-order valence-corrected chi connectivity index (χ1v) is 7.16. The van der Waals surface area contributed by atoms with Crippen molar-refractivity contribution in [3.8, 4) is 0 Å². The maximum absolute atomic E-state index is 11.7. The van der Waals surface area contributed by atoms with E-state index in [0.29, 0.717) is 12.6 Å². The molecule has 0 aliphatic heterocycles. The van der Waals surface area contributed by atoms with Crippen molar-refractivity contribution in [2.75, 3.05) is 6.54 Å². The highest BCUT2D eigenvalue weighted by molar-refractivity contribution is 6.31. The Kier molecular flexibility index (Phi) is 6.89. The molecule has 0 aliphatic rings. The number of hydrogen-bond donors (Lipinski definition) is 2. The summed E-state index contributed by atoms with van der Waals surface area (Å²) < 4.78 is 0. The van der Waals surface area contributed by atoms with Crippen molar-refractivity contribution in [1.29, 1.82) is 0 Å². The van der Waals surface area contributed by atoms with Gasteiger partial charge >= 0.3 is 0 Å². The van der Waals surface area contributed by atoms with E-state index in [1.54, 1.807) is 0 Å². The maximum atomic E-state index is 11.7. The fourth-order valence-corrected chi connectivity index (χ4v) is 1.99. The van der Waals surface area contributed by atoms with Gasteiger partial charge in [0.15, 0.2) is 0 Å². The summed E-state index contributed by atoms with van der Waals surface area (Å²) in [5.41, 5.74) is 1.06. The summed E-state index contributed by atoms with van der Waals surface area (Å²) in [6.07, 6.45) is 1.76. The molecule has 0 aliphatic carbocycles. The minimum Gasteiger partial charge on any atom is -0.352 e. The Balaban J connectivity index is 2.37. The molecule has 19 heavy (non-hydrogen) atoms. The summed E-state index contributed by atoms with van der Waals surface area (Å²) in [6.45, 7) is 6.52. The summed E-state index contributed by atoms with van der Waals surface area (Å²) >= 11 is 6.10. The van der Waals surface area contributed by atoms with Gasteiger partial charge in [-0.1, -0.05) is 36.7 Å². The second-order valence-corrected chi connectivity index (χ2v) is 5.36. The zero-order valence-corrected chi connectivity index (χ0v) is 12.6. The number of benzene rings is 1. The lowest BCUT2D eigenvalue weighted by Crippen LogP contribution is -2.42. The van der Waals surface area contributed by atoms with Crippen LogP contribution in [-0.4, -0.2) is 24.5 Å². The lowest BCUT2D eigenvalue weighted by Gasteiger charge is -2.16. The Bertz CT molecular complexity index is 409. The first-order chi connectivity index (χ1) is 9.02. The van der Waals surface area contributed by atoms with Crippen LogP contribution in [0.5, 0.6) is 0 Å². The molecule has 1 amide bonds. The number of amides is 1. The topological polar surface area (TPSA) is 41.1 Å². The van der Waals surface area contributed by atoms with Gasteiger partial charge in [0, 0.05) is 17.1 Å². The quantitative estimate of drug-likeness (QED) is 0.807. The van der Waals surface area contributed by atoms with Crippen LogP contribution in [0.4, 0.5) is 0 Å². The molecule has 0 spiro atoms. The van der Waals surface area contributed by atoms with Gasteiger partial charge in [-0.05, 0) is 38.3 Å². The fourth-order valence-electron chi connectivity index (χ4n) is 1.78. The predicted octanol–water partition coefficient (Wildman–Crippen LogP) is 2.78. The van der Waals surface area contributed by atoms with Crippen LogP contribution in [0.2, 0.25) is 5.02 Å². The first-order valence-electron chi connectivity index (χ1n) is 6.79. The SMILES string of the molecule is CCC(C)NCC(=O)NC(C)Cc1ccccc1Cl. The van der Waals surface area contributed by atoms with E-state index in [1.807, 2.05) is 31.2 Å². The van der Waals surface area contributed by atoms with Gasteiger partial charge in [-0.2, -0.15) is 0 Å². The highest BCUT2D eigenvalue weighted by Crippen LogP contribution is 2.16. The molecule has 4 heteroatoms. The third-order valence-electron chi connectivity index (χ3n) is 3.11. The van der Waals surface area contributed by atoms with Crippen LogP contribution in [0.3, 0.4) is 0 Å². The molecule has 2 unspecified atom stereocenters. The van der Waals surface area contributed by atoms with E-state index in [4.69, 9.17) is 11.6 Å². The van der Waals surface area contributed by atoms with E-state index in [9.17, 15) is 4.79 Å². The Labute approximate surface area is 120 Å². The molecule has 1 aromatic rings. The number of carbonyl (C=O) groups is 1. The summed E-state index contributed by atoms with van der Waals surface area (Å²) in [7, 11) is 0. The molecule has 106 valence electrons. The van der Waals surface area contributed by atoms with Gasteiger partial charge in [-0.3, -0.25) is 4.79 Å². The van der Waals surface area contributed by atoms with E-state index in [1.165, 1.54) is 0 Å². The molecule has 0 radical (unpaired) electrons. The molecule has 3 nitrogen and oxygen atoms in total. The minimum atomic E-state index is 0.0276. The number of halogens is 1. The van der Waals surface area contributed by atoms with E-state index in [0.717, 1.165) is 23.4 Å². The summed E-state index contributed by atoms with van der Waals surface area (Å²) in [6, 6.07) is 8.17. The van der Waals surface area contributed by atoms with Crippen LogP contribution < -0.4 is 10.6 Å². The van der Waals surface area contributed by atoms with E-state index < -0.39 is 0 Å². The summed E-state index contributed by atoms with van der Waals surface area (Å²) in [4.78, 5) is 11.7. The van der Waals surface area contributed by atoms with Crippen molar-refractivity contribution in [3.05, 3.63) is 34.9 Å². The molecule has 0 heterocycles. The molecule has 0 saturated carbocycles. The maximum Gasteiger partial charge on any atom is 0.234 e. The third-order valence-corrected chi connectivity index (χ3v) is 3.48. The van der Waals surface area contributed by atoms with Gasteiger partial charge in [0.25, 0.3) is 0 Å². The van der Waals surface area contributed by atoms with Gasteiger partial charge in [-0.25, -0.2) is 0 Å². The molecule has 1 aromatic carbocycles. The smallest absolute Gasteiger partial charge is 0.234 e. The monoisotopic (exact) mass is 282 g/mol. The zero-order valence-electron chi connectivity index (χ0n) is 11.9. The van der Waals surface area contributed by atoms with Crippen molar-refractivity contribution >= 4 is 17.5 Å². The third kappa shape index (κ3) is 6.08. The van der Waals surface area contributed by atoms with Crippen molar-refractivity contribution < 1.29 is 4.79 Å². The average molecular weight is 283 g/mol. The first kappa shape index (κ1) is 16.0. The van der Waals surface area contributed by atoms with Crippen LogP contribution in [0, 0.1) is 0 Å². The van der Waals surface area contributed by atoms with Crippen LogP contribution >= 0.6 is 11.6 Å². The molecule has 1 rings (SSSR count). The summed E-state index contributed by atoms with van der Waals surface area (Å²) in [5, 5.41) is 6.90. The number of hydrogen-bond acceptors (Lipinski definition) is 2. The lowest BCUT2D eigenvalue weighted by atomic mass is 10.1. The van der Waals surface area contributed by atoms with Gasteiger partial charge < -0.3 is 10.6 Å². The summed E-state index contributed by atoms with van der Waals surface area (Å²) in [5.74, 6) is 0.0276. The van der Waals surface area contributed by atoms with Crippen molar-refractivity contribution in [2.45, 2.75) is 45.7 Å². The Hall–Kier alpha value is -1.06. The highest BCUT2D eigenvalue weighted by Gasteiger charge is 2.10. The number of rotatable bonds is 7. The van der Waals surface area contributed by atoms with Gasteiger partial charge in [-0.15, -0.1) is 0 Å². The highest BCUT2D eigenvalue weighted by atomic mass is 35.5. The Morgan fingerprint density at radius 1 is 1.26 bits per heavy atom. The lowest BCUT2D eigenvalue weighted by molar-refractivity contribution is -0.120. The molecule has 2 atom stereocenters. The van der Waals surface area contributed by atoms with Gasteiger partial charge in [0.05, 0.1) is 6.54 Å². The molecule has 0 saturated heterocycles. The molecule has 0 bridgehead atoms. The van der Waals surface area contributed by atoms with E-state index in [2.05, 4.69) is 24.5 Å². The van der Waals surface area contributed by atoms with Crippen LogP contribution in [0.15, 0.2) is 24.3 Å². The second-order valence-electron chi connectivity index (χ2n) is 4.95. The minimum absolute atomic E-state index is 0.0276. The van der Waals surface area contributed by atoms with Crippen molar-refractivity contribution in [3.63, 3.8) is 0 Å². The van der Waals surface area contributed by atoms with Crippen LogP contribution in [0.1, 0.15) is 32.8 Å².